The van der Waals surface area contributed by atoms with E-state index in [4.69, 9.17) is 15.3 Å². The molecular weight excluding hydrogens is 383 g/mol. The number of carboxylic acid groups (broad SMARTS) is 3. The molecule has 0 aliphatic rings. The number of hydrogen-bond acceptors (Lipinski definition) is 3. The van der Waals surface area contributed by atoms with E-state index in [0.29, 0.717) is 19.3 Å². The zero-order valence-electron chi connectivity index (χ0n) is 13.6. The maximum absolute atomic E-state index is 9.60. The van der Waals surface area contributed by atoms with Crippen molar-refractivity contribution < 1.29 is 29.7 Å². The molecule has 0 bridgehead atoms. The summed E-state index contributed by atoms with van der Waals surface area (Å²) in [5.74, 6) is -2.13. The molecule has 2 radical (unpaired) electrons. The first-order chi connectivity index (χ1) is 9.72. The molecular formula is C14H30O6Sn. The van der Waals surface area contributed by atoms with Gasteiger partial charge in [0.15, 0.2) is 0 Å². The molecule has 0 fully saturated rings. The first kappa shape index (κ1) is 28.4. The van der Waals surface area contributed by atoms with Crippen LogP contribution < -0.4 is 0 Å². The van der Waals surface area contributed by atoms with Gasteiger partial charge in [-0.15, -0.1) is 0 Å². The fourth-order valence-corrected chi connectivity index (χ4v) is 0.642. The Labute approximate surface area is 141 Å². The number of carbonyl (C=O) groups is 3. The quantitative estimate of drug-likeness (QED) is 0.578. The molecule has 0 aromatic rings. The van der Waals surface area contributed by atoms with Gasteiger partial charge in [-0.05, 0) is 19.3 Å². The normalized spacial score (nSPS) is 7.86. The molecule has 0 aliphatic heterocycles. The van der Waals surface area contributed by atoms with E-state index in [1.54, 1.807) is 0 Å². The van der Waals surface area contributed by atoms with Crippen LogP contribution in [0.15, 0.2) is 0 Å². The Morgan fingerprint density at radius 3 is 0.810 bits per heavy atom. The van der Waals surface area contributed by atoms with Gasteiger partial charge in [-0.25, -0.2) is 0 Å². The average Bonchev–Trinajstić information content (AvgIpc) is 2.30. The summed E-state index contributed by atoms with van der Waals surface area (Å²) in [6, 6.07) is 0. The number of hydrogen-bond donors (Lipinski definition) is 3. The van der Waals surface area contributed by atoms with E-state index in [1.165, 1.54) is 27.0 Å². The van der Waals surface area contributed by atoms with Crippen LogP contribution in [0, 0.1) is 0 Å². The third-order valence-corrected chi connectivity index (χ3v) is 1.39. The van der Waals surface area contributed by atoms with Crippen molar-refractivity contribution in [2.45, 2.75) is 70.7 Å². The van der Waals surface area contributed by atoms with Crippen molar-refractivity contribution in [3.05, 3.63) is 0 Å². The van der Waals surface area contributed by atoms with E-state index in [-0.39, 0.29) is 0 Å². The van der Waals surface area contributed by atoms with Crippen LogP contribution >= 0.6 is 0 Å². The van der Waals surface area contributed by atoms with Crippen LogP contribution in [0.1, 0.15) is 66.2 Å². The maximum atomic E-state index is 9.60. The Morgan fingerprint density at radius 1 is 0.667 bits per heavy atom. The zero-order chi connectivity index (χ0) is 17.7. The standard InChI is InChI=1S/3C4H8O2.C2H5.Sn.H/c3*1-2-3-4(5)6;1-2;;/h3*2-3H2,1H3,(H,5,6);1H2,2H3;;. The molecule has 126 valence electrons. The van der Waals surface area contributed by atoms with E-state index < -0.39 is 17.9 Å². The molecule has 3 N–H and O–H groups in total. The van der Waals surface area contributed by atoms with Gasteiger partial charge in [0.05, 0.1) is 0 Å². The summed E-state index contributed by atoms with van der Waals surface area (Å²) in [4.78, 5) is 28.8. The van der Waals surface area contributed by atoms with Crippen molar-refractivity contribution >= 4 is 40.4 Å². The molecule has 21 heavy (non-hydrogen) atoms. The molecule has 0 amide bonds. The van der Waals surface area contributed by atoms with Crippen molar-refractivity contribution in [1.29, 1.82) is 0 Å². The molecule has 0 saturated heterocycles. The van der Waals surface area contributed by atoms with Crippen molar-refractivity contribution in [3.8, 4) is 0 Å². The minimum atomic E-state index is -0.711. The van der Waals surface area contributed by atoms with Crippen molar-refractivity contribution in [2.75, 3.05) is 0 Å². The van der Waals surface area contributed by atoms with E-state index in [0.717, 1.165) is 19.3 Å². The van der Waals surface area contributed by atoms with E-state index in [9.17, 15) is 14.4 Å². The topological polar surface area (TPSA) is 112 Å². The summed E-state index contributed by atoms with van der Waals surface area (Å²) in [7, 11) is 0. The van der Waals surface area contributed by atoms with Crippen LogP contribution in [0.5, 0.6) is 0 Å². The molecule has 0 spiro atoms. The monoisotopic (exact) mass is 414 g/mol. The second-order valence-electron chi connectivity index (χ2n) is 3.84. The molecule has 0 heterocycles. The molecule has 0 aliphatic carbocycles. The molecule has 0 rings (SSSR count). The van der Waals surface area contributed by atoms with Crippen molar-refractivity contribution in [1.82, 2.24) is 0 Å². The molecule has 0 atom stereocenters. The fourth-order valence-electron chi connectivity index (χ4n) is 0.642. The zero-order valence-corrected chi connectivity index (χ0v) is 16.9. The number of carboxylic acids is 3. The minimum absolute atomic E-state index is 0.292. The van der Waals surface area contributed by atoms with Gasteiger partial charge in [-0.2, -0.15) is 0 Å². The van der Waals surface area contributed by atoms with E-state index in [2.05, 4.69) is 6.92 Å². The molecule has 0 aromatic heterocycles. The van der Waals surface area contributed by atoms with Gasteiger partial charge in [0, 0.05) is 19.3 Å². The molecule has 7 heteroatoms. The Bertz CT molecular complexity index is 206. The summed E-state index contributed by atoms with van der Waals surface area (Å²) >= 11 is 1.42. The third kappa shape index (κ3) is 84.4. The predicted molar refractivity (Wildman–Crippen MR) is 85.3 cm³/mol. The van der Waals surface area contributed by atoms with Crippen molar-refractivity contribution in [2.24, 2.45) is 0 Å². The first-order valence-corrected chi connectivity index (χ1v) is 9.41. The molecule has 0 aromatic carbocycles. The Kier molecular flexibility index (Phi) is 37.2. The summed E-state index contributed by atoms with van der Waals surface area (Å²) < 4.78 is 1.38. The van der Waals surface area contributed by atoms with Gasteiger partial charge >= 0.3 is 51.8 Å². The number of aliphatic carboxylic acids is 3. The first-order valence-electron chi connectivity index (χ1n) is 7.08. The van der Waals surface area contributed by atoms with Crippen LogP contribution in [0.2, 0.25) is 4.44 Å². The van der Waals surface area contributed by atoms with E-state index in [1.807, 2.05) is 20.8 Å². The molecule has 0 saturated carbocycles. The Balaban J connectivity index is -0.0000000944. The third-order valence-electron chi connectivity index (χ3n) is 1.39. The Morgan fingerprint density at radius 2 is 0.810 bits per heavy atom. The van der Waals surface area contributed by atoms with Gasteiger partial charge < -0.3 is 15.3 Å². The summed E-state index contributed by atoms with van der Waals surface area (Å²) in [5, 5.41) is 23.7. The van der Waals surface area contributed by atoms with E-state index >= 15 is 0 Å². The fraction of sp³-hybridized carbons (Fsp3) is 0.786. The Hall–Kier alpha value is -0.791. The average molecular weight is 413 g/mol. The molecule has 6 nitrogen and oxygen atoms in total. The second-order valence-corrected chi connectivity index (χ2v) is 6.17. The SMILES string of the molecule is CCCC(=O)O.CCCC(=O)O.CCCC(=O)O.C[CH2][SnH]. The van der Waals surface area contributed by atoms with Gasteiger partial charge in [0.2, 0.25) is 0 Å². The van der Waals surface area contributed by atoms with Crippen molar-refractivity contribution in [3.63, 3.8) is 0 Å². The van der Waals surface area contributed by atoms with Crippen LogP contribution in [-0.2, 0) is 14.4 Å². The summed E-state index contributed by atoms with van der Waals surface area (Å²) in [6.45, 7) is 7.71. The second kappa shape index (κ2) is 27.5. The van der Waals surface area contributed by atoms with Gasteiger partial charge in [0.1, 0.15) is 0 Å². The van der Waals surface area contributed by atoms with Gasteiger partial charge in [0.25, 0.3) is 0 Å². The molecule has 0 unspecified atom stereocenters. The van der Waals surface area contributed by atoms with Crippen LogP contribution in [0.3, 0.4) is 0 Å². The predicted octanol–water partition coefficient (Wildman–Crippen LogP) is 2.94. The van der Waals surface area contributed by atoms with Crippen LogP contribution in [0.25, 0.3) is 0 Å². The summed E-state index contributed by atoms with van der Waals surface area (Å²) in [6.07, 6.45) is 3.07. The number of rotatable bonds is 6. The van der Waals surface area contributed by atoms with Gasteiger partial charge in [-0.3, -0.25) is 14.4 Å². The van der Waals surface area contributed by atoms with Crippen LogP contribution in [-0.4, -0.2) is 55.8 Å². The summed E-state index contributed by atoms with van der Waals surface area (Å²) in [5.41, 5.74) is 0. The van der Waals surface area contributed by atoms with Gasteiger partial charge in [-0.1, -0.05) is 20.8 Å². The van der Waals surface area contributed by atoms with Crippen LogP contribution in [0.4, 0.5) is 0 Å².